The molecular weight excluding hydrogens is 235 g/mol. The second-order valence-electron chi connectivity index (χ2n) is 4.00. The van der Waals surface area contributed by atoms with Crippen molar-refractivity contribution in [3.8, 4) is 0 Å². The van der Waals surface area contributed by atoms with Crippen molar-refractivity contribution in [2.45, 2.75) is 5.92 Å². The normalized spacial score (nSPS) is 23.9. The van der Waals surface area contributed by atoms with Crippen molar-refractivity contribution in [3.63, 3.8) is 0 Å². The lowest BCUT2D eigenvalue weighted by molar-refractivity contribution is -0.141. The molecule has 0 aliphatic carbocycles. The molecule has 0 spiro atoms. The third-order valence-electron chi connectivity index (χ3n) is 2.95. The first-order chi connectivity index (χ1) is 8.00. The highest BCUT2D eigenvalue weighted by molar-refractivity contribution is 5.72. The molecule has 2 atom stereocenters. The van der Waals surface area contributed by atoms with Crippen LogP contribution >= 0.6 is 0 Å². The van der Waals surface area contributed by atoms with Crippen LogP contribution in [0.4, 0.5) is 13.2 Å². The number of hydrogen-bond acceptors (Lipinski definition) is 2. The van der Waals surface area contributed by atoms with Gasteiger partial charge >= 0.3 is 5.97 Å². The van der Waals surface area contributed by atoms with Crippen LogP contribution in [0.1, 0.15) is 11.5 Å². The summed E-state index contributed by atoms with van der Waals surface area (Å²) < 4.78 is 39.6. The van der Waals surface area contributed by atoms with Gasteiger partial charge in [0.1, 0.15) is 5.82 Å². The molecule has 1 fully saturated rings. The second-order valence-corrected chi connectivity index (χ2v) is 4.00. The van der Waals surface area contributed by atoms with E-state index in [2.05, 4.69) is 5.32 Å². The molecule has 2 N–H and O–H groups in total. The van der Waals surface area contributed by atoms with Crippen molar-refractivity contribution in [3.05, 3.63) is 35.1 Å². The van der Waals surface area contributed by atoms with Gasteiger partial charge in [-0.05, 0) is 11.6 Å². The van der Waals surface area contributed by atoms with Gasteiger partial charge in [0.15, 0.2) is 11.6 Å². The van der Waals surface area contributed by atoms with Crippen LogP contribution in [0.5, 0.6) is 0 Å². The van der Waals surface area contributed by atoms with Gasteiger partial charge in [0, 0.05) is 25.1 Å². The summed E-state index contributed by atoms with van der Waals surface area (Å²) in [5.74, 6) is -6.11. The molecule has 0 radical (unpaired) electrons. The molecule has 92 valence electrons. The molecule has 0 amide bonds. The van der Waals surface area contributed by atoms with Crippen LogP contribution in [0.15, 0.2) is 12.1 Å². The van der Waals surface area contributed by atoms with Gasteiger partial charge in [0.25, 0.3) is 0 Å². The topological polar surface area (TPSA) is 49.3 Å². The monoisotopic (exact) mass is 245 g/mol. The van der Waals surface area contributed by atoms with Gasteiger partial charge in [-0.2, -0.15) is 0 Å². The Balaban J connectivity index is 2.43. The molecule has 6 heteroatoms. The number of carboxylic acid groups (broad SMARTS) is 1. The quantitative estimate of drug-likeness (QED) is 0.776. The van der Waals surface area contributed by atoms with E-state index in [9.17, 15) is 18.0 Å². The van der Waals surface area contributed by atoms with Gasteiger partial charge < -0.3 is 10.4 Å². The predicted octanol–water partition coefficient (Wildman–Crippen LogP) is 1.49. The molecule has 0 aromatic heterocycles. The van der Waals surface area contributed by atoms with Crippen molar-refractivity contribution in [2.24, 2.45) is 5.92 Å². The third-order valence-corrected chi connectivity index (χ3v) is 2.95. The van der Waals surface area contributed by atoms with E-state index in [4.69, 9.17) is 5.11 Å². The van der Waals surface area contributed by atoms with Crippen molar-refractivity contribution in [1.82, 2.24) is 5.32 Å². The fraction of sp³-hybridized carbons (Fsp3) is 0.364. The number of hydrogen-bond donors (Lipinski definition) is 2. The van der Waals surface area contributed by atoms with E-state index in [0.717, 1.165) is 6.07 Å². The molecule has 2 rings (SSSR count). The molecule has 1 aliphatic rings. The summed E-state index contributed by atoms with van der Waals surface area (Å²) in [5, 5.41) is 11.7. The largest absolute Gasteiger partial charge is 0.481 e. The Bertz CT molecular complexity index is 464. The third kappa shape index (κ3) is 2.12. The Morgan fingerprint density at radius 1 is 1.29 bits per heavy atom. The number of carbonyl (C=O) groups is 1. The summed E-state index contributed by atoms with van der Waals surface area (Å²) in [6.45, 7) is 0.356. The number of rotatable bonds is 2. The van der Waals surface area contributed by atoms with Crippen LogP contribution < -0.4 is 5.32 Å². The van der Waals surface area contributed by atoms with Crippen LogP contribution in [0.25, 0.3) is 0 Å². The van der Waals surface area contributed by atoms with Crippen LogP contribution in [0, 0.1) is 23.4 Å². The van der Waals surface area contributed by atoms with Crippen molar-refractivity contribution < 1.29 is 23.1 Å². The first-order valence-electron chi connectivity index (χ1n) is 5.08. The molecule has 3 nitrogen and oxygen atoms in total. The van der Waals surface area contributed by atoms with E-state index in [1.807, 2.05) is 0 Å². The minimum Gasteiger partial charge on any atom is -0.481 e. The number of nitrogens with one attached hydrogen (secondary N) is 1. The van der Waals surface area contributed by atoms with Gasteiger partial charge in [-0.25, -0.2) is 13.2 Å². The van der Waals surface area contributed by atoms with Crippen LogP contribution in [0.2, 0.25) is 0 Å². The molecule has 1 saturated heterocycles. The predicted molar refractivity (Wildman–Crippen MR) is 53.1 cm³/mol. The zero-order chi connectivity index (χ0) is 12.6. The summed E-state index contributed by atoms with van der Waals surface area (Å²) in [5.41, 5.74) is -0.222. The Kier molecular flexibility index (Phi) is 3.06. The minimum absolute atomic E-state index is 0.164. The lowest BCUT2D eigenvalue weighted by Crippen LogP contribution is -2.22. The van der Waals surface area contributed by atoms with Gasteiger partial charge in [-0.15, -0.1) is 0 Å². The molecular formula is C11H10F3NO2. The Morgan fingerprint density at radius 2 is 2.00 bits per heavy atom. The molecule has 0 bridgehead atoms. The fourth-order valence-corrected chi connectivity index (χ4v) is 2.11. The van der Waals surface area contributed by atoms with Gasteiger partial charge in [0.05, 0.1) is 5.92 Å². The molecule has 0 saturated carbocycles. The molecule has 1 aromatic rings. The lowest BCUT2D eigenvalue weighted by Gasteiger charge is -2.16. The lowest BCUT2D eigenvalue weighted by atomic mass is 9.88. The zero-order valence-corrected chi connectivity index (χ0v) is 8.71. The van der Waals surface area contributed by atoms with Gasteiger partial charge in [-0.3, -0.25) is 4.79 Å². The van der Waals surface area contributed by atoms with Crippen LogP contribution in [-0.4, -0.2) is 24.2 Å². The van der Waals surface area contributed by atoms with E-state index in [0.29, 0.717) is 6.07 Å². The van der Waals surface area contributed by atoms with Crippen LogP contribution in [-0.2, 0) is 4.79 Å². The van der Waals surface area contributed by atoms with E-state index >= 15 is 0 Å². The second kappa shape index (κ2) is 4.37. The molecule has 0 unspecified atom stereocenters. The minimum atomic E-state index is -1.30. The number of benzene rings is 1. The average Bonchev–Trinajstić information content (AvgIpc) is 2.72. The average molecular weight is 245 g/mol. The van der Waals surface area contributed by atoms with Gasteiger partial charge in [0.2, 0.25) is 0 Å². The van der Waals surface area contributed by atoms with Crippen LogP contribution in [0.3, 0.4) is 0 Å². The Morgan fingerprint density at radius 3 is 2.65 bits per heavy atom. The maximum atomic E-state index is 13.5. The smallest absolute Gasteiger partial charge is 0.308 e. The standard InChI is InChI=1S/C11H10F3NO2/c12-5-1-6(10(14)9(13)2-5)7-3-15-4-8(7)11(16)17/h1-2,7-8,15H,3-4H2,(H,16,17)/t7-,8-/m0/s1. The maximum absolute atomic E-state index is 13.5. The first kappa shape index (κ1) is 11.9. The van der Waals surface area contributed by atoms with E-state index < -0.39 is 35.3 Å². The number of aliphatic carboxylic acids is 1. The summed E-state index contributed by atoms with van der Waals surface area (Å²) in [6.07, 6.45) is 0. The van der Waals surface area contributed by atoms with E-state index in [1.165, 1.54) is 0 Å². The first-order valence-corrected chi connectivity index (χ1v) is 5.08. The SMILES string of the molecule is O=C(O)[C@H]1CNC[C@H]1c1cc(F)cc(F)c1F. The van der Waals surface area contributed by atoms with Crippen molar-refractivity contribution >= 4 is 5.97 Å². The highest BCUT2D eigenvalue weighted by Crippen LogP contribution is 2.31. The zero-order valence-electron chi connectivity index (χ0n) is 8.71. The van der Waals surface area contributed by atoms with Crippen molar-refractivity contribution in [1.29, 1.82) is 0 Å². The molecule has 17 heavy (non-hydrogen) atoms. The summed E-state index contributed by atoms with van der Waals surface area (Å²) in [7, 11) is 0. The van der Waals surface area contributed by atoms with Crippen molar-refractivity contribution in [2.75, 3.05) is 13.1 Å². The summed E-state index contributed by atoms with van der Waals surface area (Å²) in [4.78, 5) is 10.9. The number of carboxylic acids is 1. The molecule has 1 aromatic carbocycles. The number of halogens is 3. The van der Waals surface area contributed by atoms with E-state index in [1.54, 1.807) is 0 Å². The summed E-state index contributed by atoms with van der Waals surface area (Å²) in [6, 6.07) is 1.29. The maximum Gasteiger partial charge on any atom is 0.308 e. The summed E-state index contributed by atoms with van der Waals surface area (Å²) >= 11 is 0. The Labute approximate surface area is 95.3 Å². The highest BCUT2D eigenvalue weighted by Gasteiger charge is 2.36. The Hall–Kier alpha value is -1.56. The molecule has 1 aliphatic heterocycles. The van der Waals surface area contributed by atoms with E-state index in [-0.39, 0.29) is 18.7 Å². The fourth-order valence-electron chi connectivity index (χ4n) is 2.11. The van der Waals surface area contributed by atoms with Gasteiger partial charge in [-0.1, -0.05) is 0 Å². The molecule has 1 heterocycles. The highest BCUT2D eigenvalue weighted by atomic mass is 19.2.